The zero-order valence-electron chi connectivity index (χ0n) is 15.9. The Kier molecular flexibility index (Phi) is 5.64. The molecule has 2 aromatic rings. The normalized spacial score (nSPS) is 16.2. The third kappa shape index (κ3) is 3.45. The van der Waals surface area contributed by atoms with Gasteiger partial charge in [0.25, 0.3) is 5.56 Å². The van der Waals surface area contributed by atoms with Gasteiger partial charge in [-0.15, -0.1) is 0 Å². The molecule has 0 bridgehead atoms. The summed E-state index contributed by atoms with van der Waals surface area (Å²) in [7, 11) is 1.55. The number of carbonyl (C=O) groups is 1. The molecule has 0 aliphatic carbocycles. The number of aromatic hydroxyl groups is 1. The van der Waals surface area contributed by atoms with Crippen molar-refractivity contribution in [1.82, 2.24) is 14.6 Å². The number of aromatic amines is 1. The number of hydrogen-bond acceptors (Lipinski definition) is 6. The topological polar surface area (TPSA) is 99.9 Å². The molecule has 0 saturated heterocycles. The molecule has 0 spiro atoms. The number of para-hydroxylation sites is 1. The summed E-state index contributed by atoms with van der Waals surface area (Å²) in [5, 5.41) is 16.2. The van der Waals surface area contributed by atoms with E-state index in [2.05, 4.69) is 10.1 Å². The number of aromatic nitrogens is 2. The number of nitrogens with one attached hydrogen (secondary N) is 1. The number of ether oxygens (including phenoxy) is 1. The second-order valence-corrected chi connectivity index (χ2v) is 6.73. The van der Waals surface area contributed by atoms with E-state index in [1.165, 1.54) is 9.58 Å². The average molecular weight is 402 g/mol. The standard InChI is InChI=1S/C19H22N4O4S/c1-4-15(24)23-13(11-8-6-7-9-14(11)27-5-2)10-12(21-23)16-17(25)20-19(28)22(3)18(16)26/h6-9,13,26H,4-5,10H2,1-3H3,(H,20,25,28)/t13-/m0/s1. The maximum absolute atomic E-state index is 12.5. The fraction of sp³-hybridized carbons (Fsp3) is 0.368. The van der Waals surface area contributed by atoms with Crippen LogP contribution in [0.4, 0.5) is 0 Å². The molecule has 1 atom stereocenters. The Bertz CT molecular complexity index is 1060. The highest BCUT2D eigenvalue weighted by Gasteiger charge is 2.36. The van der Waals surface area contributed by atoms with E-state index in [-0.39, 0.29) is 35.0 Å². The average Bonchev–Trinajstić information content (AvgIpc) is 3.11. The van der Waals surface area contributed by atoms with Gasteiger partial charge in [-0.25, -0.2) is 5.01 Å². The molecule has 3 rings (SSSR count). The molecule has 2 N–H and O–H groups in total. The Morgan fingerprint density at radius 3 is 2.79 bits per heavy atom. The molecule has 0 unspecified atom stereocenters. The summed E-state index contributed by atoms with van der Waals surface area (Å²) in [6, 6.07) is 7.00. The van der Waals surface area contributed by atoms with Crippen molar-refractivity contribution in [3.05, 3.63) is 50.5 Å². The highest BCUT2D eigenvalue weighted by Crippen LogP contribution is 2.38. The molecule has 8 nitrogen and oxygen atoms in total. The van der Waals surface area contributed by atoms with Gasteiger partial charge in [0.2, 0.25) is 11.8 Å². The van der Waals surface area contributed by atoms with E-state index in [0.29, 0.717) is 18.1 Å². The van der Waals surface area contributed by atoms with Crippen LogP contribution < -0.4 is 10.3 Å². The third-order valence-corrected chi connectivity index (χ3v) is 5.00. The Labute approximate surface area is 167 Å². The smallest absolute Gasteiger partial charge is 0.264 e. The van der Waals surface area contributed by atoms with Gasteiger partial charge in [0.15, 0.2) is 4.77 Å². The van der Waals surface area contributed by atoms with E-state index < -0.39 is 11.6 Å². The molecule has 1 amide bonds. The van der Waals surface area contributed by atoms with Gasteiger partial charge in [0.1, 0.15) is 11.3 Å². The Balaban J connectivity index is 2.11. The molecule has 0 saturated carbocycles. The van der Waals surface area contributed by atoms with Crippen molar-refractivity contribution in [3.8, 4) is 11.6 Å². The molecule has 0 radical (unpaired) electrons. The number of carbonyl (C=O) groups excluding carboxylic acids is 1. The fourth-order valence-corrected chi connectivity index (χ4v) is 3.39. The van der Waals surface area contributed by atoms with Crippen molar-refractivity contribution in [2.75, 3.05) is 6.61 Å². The number of nitrogens with zero attached hydrogens (tertiary/aromatic N) is 3. The minimum absolute atomic E-state index is 0.0152. The number of amides is 1. The van der Waals surface area contributed by atoms with Crippen LogP contribution in [0.2, 0.25) is 0 Å². The van der Waals surface area contributed by atoms with Crippen molar-refractivity contribution in [2.45, 2.75) is 32.7 Å². The molecule has 1 aromatic heterocycles. The summed E-state index contributed by atoms with van der Waals surface area (Å²) in [4.78, 5) is 27.5. The number of H-pyrrole nitrogens is 1. The lowest BCUT2D eigenvalue weighted by Gasteiger charge is -2.23. The molecule has 2 heterocycles. The summed E-state index contributed by atoms with van der Waals surface area (Å²) in [6.07, 6.45) is 0.522. The molecule has 148 valence electrons. The van der Waals surface area contributed by atoms with E-state index in [1.54, 1.807) is 14.0 Å². The van der Waals surface area contributed by atoms with Crippen LogP contribution in [0.1, 0.15) is 43.9 Å². The van der Waals surface area contributed by atoms with Gasteiger partial charge in [-0.2, -0.15) is 5.10 Å². The van der Waals surface area contributed by atoms with Crippen LogP contribution in [-0.4, -0.2) is 37.9 Å². The minimum Gasteiger partial charge on any atom is -0.494 e. The van der Waals surface area contributed by atoms with Crippen LogP contribution in [0.15, 0.2) is 34.2 Å². The minimum atomic E-state index is -0.540. The van der Waals surface area contributed by atoms with E-state index in [0.717, 1.165) is 5.56 Å². The lowest BCUT2D eigenvalue weighted by molar-refractivity contribution is -0.132. The Morgan fingerprint density at radius 1 is 1.39 bits per heavy atom. The quantitative estimate of drug-likeness (QED) is 0.749. The predicted octanol–water partition coefficient (Wildman–Crippen LogP) is 2.63. The van der Waals surface area contributed by atoms with Crippen molar-refractivity contribution >= 4 is 23.8 Å². The first-order valence-corrected chi connectivity index (χ1v) is 9.43. The van der Waals surface area contributed by atoms with Gasteiger partial charge in [-0.3, -0.25) is 19.1 Å². The van der Waals surface area contributed by atoms with E-state index >= 15 is 0 Å². The van der Waals surface area contributed by atoms with Gasteiger partial charge in [0, 0.05) is 25.5 Å². The van der Waals surface area contributed by atoms with Crippen molar-refractivity contribution in [3.63, 3.8) is 0 Å². The van der Waals surface area contributed by atoms with Crippen LogP contribution in [0, 0.1) is 4.77 Å². The zero-order valence-corrected chi connectivity index (χ0v) is 16.7. The molecule has 28 heavy (non-hydrogen) atoms. The predicted molar refractivity (Wildman–Crippen MR) is 107 cm³/mol. The summed E-state index contributed by atoms with van der Waals surface area (Å²) in [5.74, 6) is 0.187. The monoisotopic (exact) mass is 402 g/mol. The maximum atomic E-state index is 12.5. The van der Waals surface area contributed by atoms with Gasteiger partial charge in [-0.1, -0.05) is 25.1 Å². The molecule has 1 aromatic carbocycles. The van der Waals surface area contributed by atoms with Crippen LogP contribution in [0.5, 0.6) is 11.6 Å². The van der Waals surface area contributed by atoms with E-state index in [4.69, 9.17) is 17.0 Å². The van der Waals surface area contributed by atoms with Gasteiger partial charge < -0.3 is 9.84 Å². The maximum Gasteiger partial charge on any atom is 0.264 e. The summed E-state index contributed by atoms with van der Waals surface area (Å²) in [5.41, 5.74) is 0.593. The summed E-state index contributed by atoms with van der Waals surface area (Å²) in [6.45, 7) is 4.11. The van der Waals surface area contributed by atoms with Crippen molar-refractivity contribution < 1.29 is 14.6 Å². The molecule has 0 fully saturated rings. The number of benzene rings is 1. The van der Waals surface area contributed by atoms with Crippen LogP contribution in [0.25, 0.3) is 0 Å². The second-order valence-electron chi connectivity index (χ2n) is 6.35. The van der Waals surface area contributed by atoms with Crippen molar-refractivity contribution in [2.24, 2.45) is 12.1 Å². The first-order valence-electron chi connectivity index (χ1n) is 9.02. The Hall–Kier alpha value is -2.94. The van der Waals surface area contributed by atoms with Gasteiger partial charge in [-0.05, 0) is 25.2 Å². The van der Waals surface area contributed by atoms with Crippen LogP contribution in [-0.2, 0) is 11.8 Å². The number of hydrazone groups is 1. The number of hydrogen-bond donors (Lipinski definition) is 2. The highest BCUT2D eigenvalue weighted by molar-refractivity contribution is 7.71. The third-order valence-electron chi connectivity index (χ3n) is 4.63. The lowest BCUT2D eigenvalue weighted by atomic mass is 9.98. The second kappa shape index (κ2) is 7.97. The molecule has 1 aliphatic heterocycles. The van der Waals surface area contributed by atoms with Crippen LogP contribution >= 0.6 is 12.2 Å². The Morgan fingerprint density at radius 2 is 2.11 bits per heavy atom. The fourth-order valence-electron chi connectivity index (χ4n) is 3.21. The number of rotatable bonds is 5. The molecule has 9 heteroatoms. The van der Waals surface area contributed by atoms with Gasteiger partial charge >= 0.3 is 0 Å². The summed E-state index contributed by atoms with van der Waals surface area (Å²) < 4.78 is 7.11. The zero-order chi connectivity index (χ0) is 20.4. The molecular weight excluding hydrogens is 380 g/mol. The molecule has 1 aliphatic rings. The largest absolute Gasteiger partial charge is 0.494 e. The summed E-state index contributed by atoms with van der Waals surface area (Å²) >= 11 is 5.02. The molecular formula is C19H22N4O4S. The van der Waals surface area contributed by atoms with E-state index in [1.807, 2.05) is 31.2 Å². The lowest BCUT2D eigenvalue weighted by Crippen LogP contribution is -2.26. The van der Waals surface area contributed by atoms with Gasteiger partial charge in [0.05, 0.1) is 18.4 Å². The highest BCUT2D eigenvalue weighted by atomic mass is 32.1. The van der Waals surface area contributed by atoms with E-state index in [9.17, 15) is 14.7 Å². The first kappa shape index (κ1) is 19.8. The first-order chi connectivity index (χ1) is 13.4. The SMILES string of the molecule is CCOc1ccccc1[C@@H]1CC(c2c(O)n(C)c(=S)[nH]c2=O)=NN1C(=O)CC. The van der Waals surface area contributed by atoms with Crippen molar-refractivity contribution in [1.29, 1.82) is 0 Å². The van der Waals surface area contributed by atoms with Crippen LogP contribution in [0.3, 0.4) is 0 Å².